The molecule has 0 bridgehead atoms. The highest BCUT2D eigenvalue weighted by atomic mass is 16.5. The summed E-state index contributed by atoms with van der Waals surface area (Å²) >= 11 is 0. The molecule has 1 amide bonds. The monoisotopic (exact) mass is 432 g/mol. The third kappa shape index (κ3) is 4.37. The number of benzene rings is 2. The highest BCUT2D eigenvalue weighted by Gasteiger charge is 2.27. The van der Waals surface area contributed by atoms with Gasteiger partial charge in [0.2, 0.25) is 17.5 Å². The quantitative estimate of drug-likeness (QED) is 0.588. The third-order valence-corrected chi connectivity index (χ3v) is 5.30. The van der Waals surface area contributed by atoms with Gasteiger partial charge in [-0.25, -0.2) is 0 Å². The Morgan fingerprint density at radius 1 is 1.12 bits per heavy atom. The summed E-state index contributed by atoms with van der Waals surface area (Å²) in [6.07, 6.45) is 0. The fourth-order valence-corrected chi connectivity index (χ4v) is 3.63. The topological polar surface area (TPSA) is 91.8 Å². The molecule has 3 aromatic rings. The van der Waals surface area contributed by atoms with E-state index in [9.17, 15) is 10.1 Å². The van der Waals surface area contributed by atoms with Crippen molar-refractivity contribution in [3.05, 3.63) is 59.8 Å². The molecule has 8 heteroatoms. The van der Waals surface area contributed by atoms with Gasteiger partial charge in [0, 0.05) is 37.3 Å². The average molecular weight is 432 g/mol. The van der Waals surface area contributed by atoms with Crippen molar-refractivity contribution in [1.82, 2.24) is 9.88 Å². The number of ether oxygens (including phenoxy) is 2. The number of anilines is 1. The SMILES string of the molecule is CCOc1ccc(C(=O)N2CCN(c3oc(-c4cccc(OC)c4)nc3C#N)CC2)cc1. The fourth-order valence-electron chi connectivity index (χ4n) is 3.63. The number of nitriles is 1. The van der Waals surface area contributed by atoms with E-state index in [0.29, 0.717) is 55.9 Å². The van der Waals surface area contributed by atoms with Crippen LogP contribution in [0.4, 0.5) is 5.88 Å². The molecule has 8 nitrogen and oxygen atoms in total. The van der Waals surface area contributed by atoms with E-state index in [0.717, 1.165) is 11.3 Å². The van der Waals surface area contributed by atoms with Gasteiger partial charge in [0.15, 0.2) is 0 Å². The van der Waals surface area contributed by atoms with Gasteiger partial charge in [0.1, 0.15) is 17.6 Å². The molecule has 0 unspecified atom stereocenters. The molecule has 0 aliphatic carbocycles. The predicted octanol–water partition coefficient (Wildman–Crippen LogP) is 3.58. The van der Waals surface area contributed by atoms with Gasteiger partial charge in [0.05, 0.1) is 13.7 Å². The smallest absolute Gasteiger partial charge is 0.253 e. The van der Waals surface area contributed by atoms with Gasteiger partial charge >= 0.3 is 0 Å². The Labute approximate surface area is 186 Å². The minimum Gasteiger partial charge on any atom is -0.497 e. The highest BCUT2D eigenvalue weighted by Crippen LogP contribution is 2.30. The Hall–Kier alpha value is -3.99. The molecule has 0 atom stereocenters. The van der Waals surface area contributed by atoms with Crippen molar-refractivity contribution in [2.24, 2.45) is 0 Å². The van der Waals surface area contributed by atoms with Crippen LogP contribution in [0.25, 0.3) is 11.5 Å². The molecule has 0 radical (unpaired) electrons. The molecule has 1 aliphatic rings. The van der Waals surface area contributed by atoms with Crippen LogP contribution in [0.2, 0.25) is 0 Å². The Kier molecular flexibility index (Phi) is 6.26. The van der Waals surface area contributed by atoms with Crippen LogP contribution in [-0.4, -0.2) is 55.7 Å². The normalized spacial score (nSPS) is 13.5. The molecular weight excluding hydrogens is 408 g/mol. The van der Waals surface area contributed by atoms with Gasteiger partial charge in [-0.1, -0.05) is 6.07 Å². The van der Waals surface area contributed by atoms with Crippen LogP contribution in [0.5, 0.6) is 11.5 Å². The van der Waals surface area contributed by atoms with Crippen molar-refractivity contribution in [2.75, 3.05) is 44.8 Å². The molecule has 1 saturated heterocycles. The van der Waals surface area contributed by atoms with Crippen LogP contribution in [0.15, 0.2) is 52.9 Å². The summed E-state index contributed by atoms with van der Waals surface area (Å²) in [5.41, 5.74) is 1.59. The maximum absolute atomic E-state index is 12.9. The summed E-state index contributed by atoms with van der Waals surface area (Å²) in [5, 5.41) is 9.56. The van der Waals surface area contributed by atoms with Gasteiger partial charge in [-0.3, -0.25) is 4.79 Å². The predicted molar refractivity (Wildman–Crippen MR) is 119 cm³/mol. The Bertz CT molecular complexity index is 1130. The number of methoxy groups -OCH3 is 1. The fraction of sp³-hybridized carbons (Fsp3) is 0.292. The number of nitrogens with zero attached hydrogens (tertiary/aromatic N) is 4. The number of hydrogen-bond acceptors (Lipinski definition) is 7. The van der Waals surface area contributed by atoms with E-state index < -0.39 is 0 Å². The number of piperazine rings is 1. The Balaban J connectivity index is 1.45. The first-order valence-corrected chi connectivity index (χ1v) is 10.5. The zero-order valence-electron chi connectivity index (χ0n) is 18.1. The summed E-state index contributed by atoms with van der Waals surface area (Å²) < 4.78 is 16.7. The van der Waals surface area contributed by atoms with Crippen molar-refractivity contribution in [2.45, 2.75) is 6.92 Å². The molecule has 164 valence electrons. The van der Waals surface area contributed by atoms with Crippen molar-refractivity contribution in [3.63, 3.8) is 0 Å². The second-order valence-electron chi connectivity index (χ2n) is 7.25. The number of oxazole rings is 1. The van der Waals surface area contributed by atoms with E-state index in [1.54, 1.807) is 36.3 Å². The van der Waals surface area contributed by atoms with Gasteiger partial charge in [-0.2, -0.15) is 10.2 Å². The number of hydrogen-bond donors (Lipinski definition) is 0. The van der Waals surface area contributed by atoms with Gasteiger partial charge in [-0.05, 0) is 49.4 Å². The summed E-state index contributed by atoms with van der Waals surface area (Å²) in [5.74, 6) is 2.20. The lowest BCUT2D eigenvalue weighted by Gasteiger charge is -2.34. The number of aromatic nitrogens is 1. The van der Waals surface area contributed by atoms with Gasteiger partial charge < -0.3 is 23.7 Å². The van der Waals surface area contributed by atoms with E-state index in [2.05, 4.69) is 11.1 Å². The zero-order valence-corrected chi connectivity index (χ0v) is 18.1. The lowest BCUT2D eigenvalue weighted by atomic mass is 10.1. The standard InChI is InChI=1S/C24H24N4O4/c1-3-31-19-9-7-17(8-10-19)23(29)27-11-13-28(14-12-27)24-21(16-25)26-22(32-24)18-5-4-6-20(15-18)30-2/h4-10,15H,3,11-14H2,1-2H3. The first-order valence-electron chi connectivity index (χ1n) is 10.5. The van der Waals surface area contributed by atoms with Crippen LogP contribution in [-0.2, 0) is 0 Å². The molecule has 4 rings (SSSR count). The summed E-state index contributed by atoms with van der Waals surface area (Å²) in [6.45, 7) is 4.64. The molecular formula is C24H24N4O4. The molecule has 2 aromatic carbocycles. The van der Waals surface area contributed by atoms with Crippen LogP contribution >= 0.6 is 0 Å². The number of amides is 1. The van der Waals surface area contributed by atoms with E-state index in [-0.39, 0.29) is 11.6 Å². The molecule has 1 aromatic heterocycles. The second kappa shape index (κ2) is 9.43. The van der Waals surface area contributed by atoms with Gasteiger partial charge in [0.25, 0.3) is 5.91 Å². The lowest BCUT2D eigenvalue weighted by molar-refractivity contribution is 0.0745. The number of carbonyl (C=O) groups excluding carboxylic acids is 1. The molecule has 2 heterocycles. The molecule has 1 aliphatic heterocycles. The van der Waals surface area contributed by atoms with Crippen molar-refractivity contribution < 1.29 is 18.7 Å². The maximum atomic E-state index is 12.9. The minimum atomic E-state index is -0.0251. The number of rotatable bonds is 6. The van der Waals surface area contributed by atoms with Crippen LogP contribution in [0, 0.1) is 11.3 Å². The molecule has 0 N–H and O–H groups in total. The van der Waals surface area contributed by atoms with E-state index in [1.165, 1.54) is 0 Å². The summed E-state index contributed by atoms with van der Waals surface area (Å²) in [7, 11) is 1.59. The largest absolute Gasteiger partial charge is 0.497 e. The maximum Gasteiger partial charge on any atom is 0.253 e. The minimum absolute atomic E-state index is 0.0251. The third-order valence-electron chi connectivity index (χ3n) is 5.30. The molecule has 32 heavy (non-hydrogen) atoms. The number of carbonyl (C=O) groups is 1. The molecule has 1 fully saturated rings. The average Bonchev–Trinajstić information content (AvgIpc) is 3.29. The molecule has 0 saturated carbocycles. The highest BCUT2D eigenvalue weighted by molar-refractivity contribution is 5.94. The van der Waals surface area contributed by atoms with Crippen LogP contribution in [0.3, 0.4) is 0 Å². The summed E-state index contributed by atoms with van der Waals surface area (Å²) in [4.78, 5) is 21.0. The van der Waals surface area contributed by atoms with Gasteiger partial charge in [-0.15, -0.1) is 0 Å². The second-order valence-corrected chi connectivity index (χ2v) is 7.25. The Morgan fingerprint density at radius 3 is 2.53 bits per heavy atom. The lowest BCUT2D eigenvalue weighted by Crippen LogP contribution is -2.48. The van der Waals surface area contributed by atoms with Crippen molar-refractivity contribution in [1.29, 1.82) is 5.26 Å². The zero-order chi connectivity index (χ0) is 22.5. The van der Waals surface area contributed by atoms with Crippen molar-refractivity contribution in [3.8, 4) is 29.0 Å². The van der Waals surface area contributed by atoms with E-state index in [4.69, 9.17) is 13.9 Å². The van der Waals surface area contributed by atoms with E-state index in [1.807, 2.05) is 36.1 Å². The first-order chi connectivity index (χ1) is 15.6. The van der Waals surface area contributed by atoms with Crippen LogP contribution < -0.4 is 14.4 Å². The summed E-state index contributed by atoms with van der Waals surface area (Å²) in [6, 6.07) is 16.6. The molecule has 0 spiro atoms. The first kappa shape index (κ1) is 21.2. The van der Waals surface area contributed by atoms with E-state index >= 15 is 0 Å². The van der Waals surface area contributed by atoms with Crippen LogP contribution in [0.1, 0.15) is 23.0 Å². The Morgan fingerprint density at radius 2 is 1.88 bits per heavy atom. The van der Waals surface area contributed by atoms with Crippen molar-refractivity contribution >= 4 is 11.8 Å².